The lowest BCUT2D eigenvalue weighted by Crippen LogP contribution is -2.03. The van der Waals surface area contributed by atoms with Crippen molar-refractivity contribution in [1.82, 2.24) is 0 Å². The number of halogens is 2. The molecule has 21 heavy (non-hydrogen) atoms. The van der Waals surface area contributed by atoms with Crippen molar-refractivity contribution in [2.24, 2.45) is 0 Å². The first-order valence-corrected chi connectivity index (χ1v) is 7.62. The lowest BCUT2D eigenvalue weighted by Gasteiger charge is -2.15. The van der Waals surface area contributed by atoms with E-state index in [4.69, 9.17) is 21.1 Å². The first kappa shape index (κ1) is 16.0. The van der Waals surface area contributed by atoms with Crippen LogP contribution in [0.4, 0.5) is 5.69 Å². The summed E-state index contributed by atoms with van der Waals surface area (Å²) in [7, 11) is 3.27. The Morgan fingerprint density at radius 3 is 2.38 bits per heavy atom. The largest absolute Gasteiger partial charge is 0.493 e. The Morgan fingerprint density at radius 2 is 1.76 bits per heavy atom. The predicted octanol–water partition coefficient (Wildman–Crippen LogP) is 5.04. The van der Waals surface area contributed by atoms with E-state index in [-0.39, 0.29) is 0 Å². The molecule has 2 aromatic rings. The summed E-state index contributed by atoms with van der Waals surface area (Å²) >= 11 is 9.47. The van der Waals surface area contributed by atoms with E-state index in [0.29, 0.717) is 17.3 Å². The molecule has 0 amide bonds. The molecule has 3 nitrogen and oxygen atoms in total. The first-order valence-electron chi connectivity index (χ1n) is 6.45. The maximum absolute atomic E-state index is 5.95. The van der Waals surface area contributed by atoms with Crippen LogP contribution in [0.3, 0.4) is 0 Å². The van der Waals surface area contributed by atoms with Crippen LogP contribution in [0.1, 0.15) is 11.1 Å². The number of aryl methyl sites for hydroxylation is 1. The summed E-state index contributed by atoms with van der Waals surface area (Å²) < 4.78 is 11.6. The van der Waals surface area contributed by atoms with Gasteiger partial charge < -0.3 is 14.8 Å². The maximum atomic E-state index is 5.95. The van der Waals surface area contributed by atoms with Crippen molar-refractivity contribution in [3.8, 4) is 11.5 Å². The van der Waals surface area contributed by atoms with E-state index >= 15 is 0 Å². The molecule has 0 bridgehead atoms. The third-order valence-electron chi connectivity index (χ3n) is 3.21. The molecule has 0 saturated carbocycles. The number of benzene rings is 2. The van der Waals surface area contributed by atoms with E-state index in [1.54, 1.807) is 14.2 Å². The molecule has 0 aliphatic heterocycles. The van der Waals surface area contributed by atoms with Gasteiger partial charge in [0, 0.05) is 27.8 Å². The van der Waals surface area contributed by atoms with Gasteiger partial charge in [0.15, 0.2) is 11.5 Å². The number of anilines is 1. The number of rotatable bonds is 5. The van der Waals surface area contributed by atoms with Crippen LogP contribution in [-0.4, -0.2) is 14.2 Å². The van der Waals surface area contributed by atoms with Crippen molar-refractivity contribution in [1.29, 1.82) is 0 Å². The van der Waals surface area contributed by atoms with Crippen LogP contribution in [0.25, 0.3) is 0 Å². The topological polar surface area (TPSA) is 30.5 Å². The van der Waals surface area contributed by atoms with Crippen LogP contribution in [0.2, 0.25) is 5.02 Å². The lowest BCUT2D eigenvalue weighted by molar-refractivity contribution is 0.355. The molecule has 0 aliphatic rings. The molecule has 5 heteroatoms. The maximum Gasteiger partial charge on any atom is 0.162 e. The minimum absolute atomic E-state index is 0.689. The second kappa shape index (κ2) is 7.05. The summed E-state index contributed by atoms with van der Waals surface area (Å²) in [6, 6.07) is 9.66. The summed E-state index contributed by atoms with van der Waals surface area (Å²) in [4.78, 5) is 0. The van der Waals surface area contributed by atoms with Crippen LogP contribution in [-0.2, 0) is 6.54 Å². The molecule has 0 unspecified atom stereocenters. The number of hydrogen-bond acceptors (Lipinski definition) is 3. The van der Waals surface area contributed by atoms with Crippen LogP contribution in [0, 0.1) is 6.92 Å². The van der Waals surface area contributed by atoms with E-state index in [9.17, 15) is 0 Å². The van der Waals surface area contributed by atoms with Crippen LogP contribution < -0.4 is 14.8 Å². The molecule has 1 N–H and O–H groups in total. The minimum atomic E-state index is 0.689. The summed E-state index contributed by atoms with van der Waals surface area (Å²) in [6.07, 6.45) is 0. The molecule has 0 aliphatic carbocycles. The van der Waals surface area contributed by atoms with Crippen molar-refractivity contribution >= 4 is 33.2 Å². The molecular weight excluding hydrogens is 354 g/mol. The highest BCUT2D eigenvalue weighted by molar-refractivity contribution is 9.10. The van der Waals surface area contributed by atoms with Gasteiger partial charge in [-0.05, 0) is 36.2 Å². The second-order valence-electron chi connectivity index (χ2n) is 4.61. The molecule has 2 aromatic carbocycles. The molecule has 0 heterocycles. The van der Waals surface area contributed by atoms with E-state index in [0.717, 1.165) is 27.0 Å². The molecular formula is C16H17BrClNO2. The third kappa shape index (κ3) is 3.83. The molecule has 2 rings (SSSR count). The predicted molar refractivity (Wildman–Crippen MR) is 90.8 cm³/mol. The van der Waals surface area contributed by atoms with Gasteiger partial charge in [-0.2, -0.15) is 0 Å². The van der Waals surface area contributed by atoms with Crippen LogP contribution in [0.5, 0.6) is 11.5 Å². The summed E-state index contributed by atoms with van der Waals surface area (Å²) in [5.74, 6) is 1.44. The summed E-state index contributed by atoms with van der Waals surface area (Å²) in [6.45, 7) is 2.72. The fourth-order valence-corrected chi connectivity index (χ4v) is 2.85. The lowest BCUT2D eigenvalue weighted by atomic mass is 10.1. The monoisotopic (exact) mass is 369 g/mol. The number of methoxy groups -OCH3 is 2. The Morgan fingerprint density at radius 1 is 1.10 bits per heavy atom. The van der Waals surface area contributed by atoms with Crippen molar-refractivity contribution in [2.45, 2.75) is 13.5 Å². The van der Waals surface area contributed by atoms with Gasteiger partial charge in [0.05, 0.1) is 14.2 Å². The van der Waals surface area contributed by atoms with Gasteiger partial charge in [-0.1, -0.05) is 33.6 Å². The number of nitrogens with one attached hydrogen (secondary N) is 1. The molecule has 0 aromatic heterocycles. The van der Waals surface area contributed by atoms with E-state index in [1.807, 2.05) is 37.3 Å². The van der Waals surface area contributed by atoms with Gasteiger partial charge in [0.1, 0.15) is 0 Å². The van der Waals surface area contributed by atoms with Crippen molar-refractivity contribution in [3.05, 3.63) is 51.0 Å². The van der Waals surface area contributed by atoms with Crippen LogP contribution in [0.15, 0.2) is 34.8 Å². The Kier molecular flexibility index (Phi) is 5.37. The van der Waals surface area contributed by atoms with E-state index in [1.165, 1.54) is 0 Å². The Bertz CT molecular complexity index is 646. The average molecular weight is 371 g/mol. The van der Waals surface area contributed by atoms with Gasteiger partial charge in [0.25, 0.3) is 0 Å². The zero-order valence-electron chi connectivity index (χ0n) is 12.2. The van der Waals surface area contributed by atoms with Gasteiger partial charge in [-0.15, -0.1) is 0 Å². The standard InChI is InChI=1S/C16H17BrClNO2/c1-10-6-15(20-2)16(21-3)8-14(10)19-9-11-4-5-12(18)7-13(11)17/h4-8,19H,9H2,1-3H3. The fraction of sp³-hybridized carbons (Fsp3) is 0.250. The van der Waals surface area contributed by atoms with Crippen molar-refractivity contribution < 1.29 is 9.47 Å². The van der Waals surface area contributed by atoms with Crippen LogP contribution >= 0.6 is 27.5 Å². The van der Waals surface area contributed by atoms with Gasteiger partial charge in [-0.3, -0.25) is 0 Å². The van der Waals surface area contributed by atoms with E-state index < -0.39 is 0 Å². The molecule has 0 atom stereocenters. The number of hydrogen-bond donors (Lipinski definition) is 1. The molecule has 0 radical (unpaired) electrons. The molecule has 112 valence electrons. The number of ether oxygens (including phenoxy) is 2. The molecule has 0 spiro atoms. The quantitative estimate of drug-likeness (QED) is 0.800. The summed E-state index contributed by atoms with van der Waals surface area (Å²) in [5, 5.41) is 4.12. The van der Waals surface area contributed by atoms with Gasteiger partial charge in [-0.25, -0.2) is 0 Å². The van der Waals surface area contributed by atoms with Gasteiger partial charge in [0.2, 0.25) is 0 Å². The van der Waals surface area contributed by atoms with Gasteiger partial charge >= 0.3 is 0 Å². The zero-order valence-corrected chi connectivity index (χ0v) is 14.5. The van der Waals surface area contributed by atoms with E-state index in [2.05, 4.69) is 21.2 Å². The summed E-state index contributed by atoms with van der Waals surface area (Å²) in [5.41, 5.74) is 3.24. The molecule has 0 saturated heterocycles. The Balaban J connectivity index is 2.19. The average Bonchev–Trinajstić information content (AvgIpc) is 2.47. The SMILES string of the molecule is COc1cc(C)c(NCc2ccc(Cl)cc2Br)cc1OC. The van der Waals surface area contributed by atoms with Crippen molar-refractivity contribution in [3.63, 3.8) is 0 Å². The molecule has 0 fully saturated rings. The smallest absolute Gasteiger partial charge is 0.162 e. The highest BCUT2D eigenvalue weighted by Crippen LogP contribution is 2.33. The highest BCUT2D eigenvalue weighted by atomic mass is 79.9. The third-order valence-corrected chi connectivity index (χ3v) is 4.19. The zero-order chi connectivity index (χ0) is 15.4. The second-order valence-corrected chi connectivity index (χ2v) is 5.90. The first-order chi connectivity index (χ1) is 10.0. The normalized spacial score (nSPS) is 10.3. The minimum Gasteiger partial charge on any atom is -0.493 e. The Labute approximate surface area is 138 Å². The Hall–Kier alpha value is -1.39. The fourth-order valence-electron chi connectivity index (χ4n) is 2.03. The van der Waals surface area contributed by atoms with Crippen molar-refractivity contribution in [2.75, 3.05) is 19.5 Å². The highest BCUT2D eigenvalue weighted by Gasteiger charge is 2.09.